The number of nitrogens with zero attached hydrogens (tertiary/aromatic N) is 1. The molecule has 0 radical (unpaired) electrons. The molecule has 0 spiro atoms. The lowest BCUT2D eigenvalue weighted by Gasteiger charge is -2.24. The second-order valence-electron chi connectivity index (χ2n) is 6.98. The number of likely N-dealkylation sites (tertiary alicyclic amines) is 1. The summed E-state index contributed by atoms with van der Waals surface area (Å²) in [5.41, 5.74) is 0.464. The summed E-state index contributed by atoms with van der Waals surface area (Å²) in [5.74, 6) is 0. The lowest BCUT2D eigenvalue weighted by molar-refractivity contribution is 0.0291. The highest BCUT2D eigenvalue weighted by Gasteiger charge is 2.29. The first-order chi connectivity index (χ1) is 11.0. The molecule has 7 nitrogen and oxygen atoms in total. The molecule has 134 valence electrons. The minimum absolute atomic E-state index is 0.100. The molecule has 1 amide bonds. The van der Waals surface area contributed by atoms with E-state index < -0.39 is 15.6 Å². The van der Waals surface area contributed by atoms with Crippen molar-refractivity contribution in [1.82, 2.24) is 10.2 Å². The topological polar surface area (TPSA) is 102 Å². The number of ether oxygens (including phenoxy) is 1. The van der Waals surface area contributed by atoms with Crippen LogP contribution in [-0.4, -0.2) is 44.1 Å². The minimum Gasteiger partial charge on any atom is -0.444 e. The van der Waals surface area contributed by atoms with Gasteiger partial charge in [0.05, 0.1) is 4.90 Å². The number of nitrogens with two attached hydrogens (primary N) is 1. The van der Waals surface area contributed by atoms with Crippen LogP contribution in [0.25, 0.3) is 0 Å². The van der Waals surface area contributed by atoms with Gasteiger partial charge in [-0.15, -0.1) is 0 Å². The van der Waals surface area contributed by atoms with E-state index in [-0.39, 0.29) is 17.0 Å². The Balaban J connectivity index is 1.83. The van der Waals surface area contributed by atoms with Crippen molar-refractivity contribution in [1.29, 1.82) is 0 Å². The van der Waals surface area contributed by atoms with E-state index in [1.165, 1.54) is 12.1 Å². The van der Waals surface area contributed by atoms with Gasteiger partial charge in [0, 0.05) is 25.7 Å². The molecular formula is C16H25N3O4S. The summed E-state index contributed by atoms with van der Waals surface area (Å²) in [5, 5.41) is 8.45. The number of sulfonamides is 1. The molecule has 0 aliphatic carbocycles. The largest absolute Gasteiger partial charge is 0.444 e. The van der Waals surface area contributed by atoms with Crippen LogP contribution in [0.2, 0.25) is 0 Å². The Labute approximate surface area is 143 Å². The quantitative estimate of drug-likeness (QED) is 0.851. The smallest absolute Gasteiger partial charge is 0.410 e. The number of carbonyl (C=O) groups is 1. The minimum atomic E-state index is -3.66. The predicted octanol–water partition coefficient (Wildman–Crippen LogP) is 1.43. The van der Waals surface area contributed by atoms with E-state index in [1.807, 2.05) is 20.8 Å². The van der Waals surface area contributed by atoms with Crippen LogP contribution in [0.3, 0.4) is 0 Å². The van der Waals surface area contributed by atoms with Gasteiger partial charge in [-0.05, 0) is 44.9 Å². The second kappa shape index (κ2) is 7.08. The summed E-state index contributed by atoms with van der Waals surface area (Å²) < 4.78 is 27.8. The number of amides is 1. The van der Waals surface area contributed by atoms with Gasteiger partial charge >= 0.3 is 6.09 Å². The maximum Gasteiger partial charge on any atom is 0.410 e. The van der Waals surface area contributed by atoms with Crippen LogP contribution in [0.1, 0.15) is 32.8 Å². The van der Waals surface area contributed by atoms with E-state index in [2.05, 4.69) is 5.32 Å². The highest BCUT2D eigenvalue weighted by atomic mass is 32.2. The molecule has 1 saturated heterocycles. The van der Waals surface area contributed by atoms with Gasteiger partial charge in [0.1, 0.15) is 5.60 Å². The zero-order valence-corrected chi connectivity index (χ0v) is 15.1. The Morgan fingerprint density at radius 1 is 1.33 bits per heavy atom. The van der Waals surface area contributed by atoms with Crippen molar-refractivity contribution in [3.05, 3.63) is 29.8 Å². The first kappa shape index (κ1) is 18.7. The van der Waals surface area contributed by atoms with Crippen LogP contribution in [0.5, 0.6) is 0 Å². The summed E-state index contributed by atoms with van der Waals surface area (Å²) in [4.78, 5) is 13.8. The maximum absolute atomic E-state index is 12.0. The van der Waals surface area contributed by atoms with Crippen LogP contribution in [0.4, 0.5) is 4.79 Å². The molecule has 1 fully saturated rings. The van der Waals surface area contributed by atoms with Crippen LogP contribution in [-0.2, 0) is 21.3 Å². The van der Waals surface area contributed by atoms with Crippen molar-refractivity contribution in [3.8, 4) is 0 Å². The van der Waals surface area contributed by atoms with Crippen molar-refractivity contribution in [2.45, 2.75) is 50.3 Å². The van der Waals surface area contributed by atoms with Gasteiger partial charge in [-0.1, -0.05) is 12.1 Å². The number of nitrogens with one attached hydrogen (secondary N) is 1. The van der Waals surface area contributed by atoms with Crippen molar-refractivity contribution < 1.29 is 17.9 Å². The standard InChI is InChI=1S/C16H25N3O4S/c1-16(2,3)23-15(20)19-9-8-13(11-19)18-10-12-4-6-14(7-5-12)24(17,21)22/h4-7,13,18H,8-11H2,1-3H3,(H2,17,21,22). The van der Waals surface area contributed by atoms with E-state index in [0.717, 1.165) is 12.0 Å². The number of carbonyl (C=O) groups excluding carboxylic acids is 1. The number of rotatable bonds is 4. The molecule has 2 rings (SSSR count). The van der Waals surface area contributed by atoms with Gasteiger partial charge in [-0.25, -0.2) is 18.4 Å². The molecular weight excluding hydrogens is 330 g/mol. The molecule has 24 heavy (non-hydrogen) atoms. The Morgan fingerprint density at radius 2 is 1.96 bits per heavy atom. The Kier molecular flexibility index (Phi) is 5.52. The van der Waals surface area contributed by atoms with Gasteiger partial charge in [0.25, 0.3) is 0 Å². The third-order valence-corrected chi connectivity index (χ3v) is 4.62. The van der Waals surface area contributed by atoms with E-state index in [4.69, 9.17) is 9.88 Å². The SMILES string of the molecule is CC(C)(C)OC(=O)N1CCC(NCc2ccc(S(N)(=O)=O)cc2)C1. The monoisotopic (exact) mass is 355 g/mol. The molecule has 1 unspecified atom stereocenters. The van der Waals surface area contributed by atoms with Crippen molar-refractivity contribution in [2.24, 2.45) is 5.14 Å². The highest BCUT2D eigenvalue weighted by Crippen LogP contribution is 2.16. The number of benzene rings is 1. The molecule has 0 saturated carbocycles. The lowest BCUT2D eigenvalue weighted by Crippen LogP contribution is -2.38. The zero-order chi connectivity index (χ0) is 18.0. The summed E-state index contributed by atoms with van der Waals surface area (Å²) >= 11 is 0. The molecule has 1 aliphatic heterocycles. The van der Waals surface area contributed by atoms with E-state index >= 15 is 0 Å². The normalized spacial score (nSPS) is 18.7. The van der Waals surface area contributed by atoms with Crippen LogP contribution in [0.15, 0.2) is 29.2 Å². The third kappa shape index (κ3) is 5.47. The zero-order valence-electron chi connectivity index (χ0n) is 14.3. The Morgan fingerprint density at radius 3 is 2.50 bits per heavy atom. The fourth-order valence-corrected chi connectivity index (χ4v) is 2.99. The first-order valence-electron chi connectivity index (χ1n) is 7.88. The molecule has 3 N–H and O–H groups in total. The fourth-order valence-electron chi connectivity index (χ4n) is 2.48. The summed E-state index contributed by atoms with van der Waals surface area (Å²) in [6.07, 6.45) is 0.568. The molecule has 1 heterocycles. The number of hydrogen-bond acceptors (Lipinski definition) is 5. The molecule has 8 heteroatoms. The van der Waals surface area contributed by atoms with Crippen molar-refractivity contribution in [3.63, 3.8) is 0 Å². The fraction of sp³-hybridized carbons (Fsp3) is 0.562. The van der Waals surface area contributed by atoms with Crippen LogP contribution >= 0.6 is 0 Å². The highest BCUT2D eigenvalue weighted by molar-refractivity contribution is 7.89. The van der Waals surface area contributed by atoms with Crippen LogP contribution < -0.4 is 10.5 Å². The number of primary sulfonamides is 1. The van der Waals surface area contributed by atoms with Crippen molar-refractivity contribution >= 4 is 16.1 Å². The summed E-state index contributed by atoms with van der Waals surface area (Å²) in [6.45, 7) is 7.41. The summed E-state index contributed by atoms with van der Waals surface area (Å²) in [6, 6.07) is 6.64. The van der Waals surface area contributed by atoms with E-state index in [1.54, 1.807) is 17.0 Å². The second-order valence-corrected chi connectivity index (χ2v) is 8.54. The molecule has 0 bridgehead atoms. The van der Waals surface area contributed by atoms with Gasteiger partial charge < -0.3 is 15.0 Å². The van der Waals surface area contributed by atoms with Gasteiger partial charge in [-0.3, -0.25) is 0 Å². The average molecular weight is 355 g/mol. The molecule has 0 aromatic heterocycles. The summed E-state index contributed by atoms with van der Waals surface area (Å²) in [7, 11) is -3.66. The molecule has 1 atom stereocenters. The predicted molar refractivity (Wildman–Crippen MR) is 90.9 cm³/mol. The lowest BCUT2D eigenvalue weighted by atomic mass is 10.2. The van der Waals surface area contributed by atoms with Gasteiger partial charge in [-0.2, -0.15) is 0 Å². The van der Waals surface area contributed by atoms with Crippen molar-refractivity contribution in [2.75, 3.05) is 13.1 Å². The number of hydrogen-bond donors (Lipinski definition) is 2. The Hall–Kier alpha value is -1.64. The maximum atomic E-state index is 12.0. The van der Waals surface area contributed by atoms with Gasteiger partial charge in [0.2, 0.25) is 10.0 Å². The van der Waals surface area contributed by atoms with E-state index in [0.29, 0.717) is 19.6 Å². The van der Waals surface area contributed by atoms with Gasteiger partial charge in [0.15, 0.2) is 0 Å². The third-order valence-electron chi connectivity index (χ3n) is 3.69. The van der Waals surface area contributed by atoms with Crippen LogP contribution in [0, 0.1) is 0 Å². The van der Waals surface area contributed by atoms with E-state index in [9.17, 15) is 13.2 Å². The average Bonchev–Trinajstić information content (AvgIpc) is 2.92. The Bertz CT molecular complexity index is 680. The molecule has 1 aromatic rings. The molecule has 1 aromatic carbocycles. The first-order valence-corrected chi connectivity index (χ1v) is 9.42. The molecule has 1 aliphatic rings.